The summed E-state index contributed by atoms with van der Waals surface area (Å²) in [5.74, 6) is 4.17. The second kappa shape index (κ2) is 38.5. The molecule has 8 aliphatic heterocycles. The van der Waals surface area contributed by atoms with Gasteiger partial charge in [-0.05, 0) is 83.8 Å². The average molecular weight is 1600 g/mol. The second-order valence-corrected chi connectivity index (χ2v) is 28.0. The van der Waals surface area contributed by atoms with E-state index in [1.807, 2.05) is 33.4 Å². The first-order valence-corrected chi connectivity index (χ1v) is 38.3. The van der Waals surface area contributed by atoms with Crippen LogP contribution in [0.4, 0.5) is 106 Å². The first-order chi connectivity index (χ1) is 55.3. The van der Waals surface area contributed by atoms with Crippen molar-refractivity contribution in [2.24, 2.45) is 0 Å². The summed E-state index contributed by atoms with van der Waals surface area (Å²) in [6.45, 7) is 19.9. The molecule has 0 amide bonds. The Hall–Kier alpha value is -10.6. The van der Waals surface area contributed by atoms with Gasteiger partial charge in [-0.3, -0.25) is 0 Å². The third kappa shape index (κ3) is 20.5. The highest BCUT2D eigenvalue weighted by molar-refractivity contribution is 5.70. The number of hydrogen-bond acceptors (Lipinski definition) is 34. The van der Waals surface area contributed by atoms with Gasteiger partial charge in [0.2, 0.25) is 53.5 Å². The topological polar surface area (TPSA) is 395 Å². The molecule has 8 aromatic heterocycles. The van der Waals surface area contributed by atoms with Gasteiger partial charge in [-0.15, -0.1) is 0 Å². The Morgan fingerprint density at radius 1 is 0.316 bits per heavy atom. The molecule has 8 saturated heterocycles. The van der Waals surface area contributed by atoms with Gasteiger partial charge >= 0.3 is 0 Å². The molecule has 0 radical (unpaired) electrons. The summed E-state index contributed by atoms with van der Waals surface area (Å²) in [4.78, 5) is 89.8. The number of rotatable bonds is 16. The van der Waals surface area contributed by atoms with E-state index in [9.17, 15) is 35.1 Å². The van der Waals surface area contributed by atoms with Crippen LogP contribution in [0.3, 0.4) is 0 Å². The Balaban J connectivity index is 0.000000133. The molecule has 8 N–H and O–H groups in total. The molecule has 2 atom stereocenters. The third-order valence-electron chi connectivity index (χ3n) is 20.1. The number of anilines is 12. The summed E-state index contributed by atoms with van der Waals surface area (Å²) in [6, 6.07) is 4.25. The maximum atomic E-state index is 13.7. The fourth-order valence-electron chi connectivity index (χ4n) is 14.0. The van der Waals surface area contributed by atoms with Gasteiger partial charge in [0, 0.05) is 145 Å². The molecule has 0 saturated carbocycles. The number of nitrogen functional groups attached to an aromatic ring is 4. The van der Waals surface area contributed by atoms with E-state index in [0.29, 0.717) is 172 Å². The van der Waals surface area contributed by atoms with E-state index in [4.69, 9.17) is 56.6 Å². The quantitative estimate of drug-likeness (QED) is 0.0663. The number of pyridine rings is 2. The third-order valence-corrected chi connectivity index (χ3v) is 20.1. The molecule has 42 heteroatoms. The van der Waals surface area contributed by atoms with Crippen molar-refractivity contribution in [3.05, 3.63) is 65.5 Å². The van der Waals surface area contributed by atoms with Gasteiger partial charge in [-0.25, -0.2) is 70.0 Å². The van der Waals surface area contributed by atoms with Crippen molar-refractivity contribution in [2.45, 2.75) is 109 Å². The molecular formula is C72H93F8N29O5. The van der Waals surface area contributed by atoms with E-state index in [2.05, 4.69) is 94.4 Å². The minimum absolute atomic E-state index is 0.0383. The molecule has 8 aromatic rings. The number of piperidine rings is 3. The van der Waals surface area contributed by atoms with Crippen LogP contribution in [-0.2, 0) is 23.7 Å². The first kappa shape index (κ1) is 81.4. The smallest absolute Gasteiger partial charge is 0.281 e. The van der Waals surface area contributed by atoms with Crippen LogP contribution in [0.15, 0.2) is 43.0 Å². The summed E-state index contributed by atoms with van der Waals surface area (Å²) in [7, 11) is 0. The standard InChI is InChI=1S/C19H25F2N7O.C18H24F2N8O.C18H22F2N6O2.C17H22F2N8O/c1-12-11-29-8-7-28(12)19-25-17(14-10-23-15(22)9-13(14)16(20)21)24-18(26-19)27-5-3-2-4-6-27;1-11-10-29-8-7-28(11)18-25-15(12-9-22-16(21)23-13(12)14(19)20)24-17(26-18)27-5-3-2-4-6-27;19-17(20)12-9-15(21)22-11-13(12)14-10-16(25-1-5-27-6-2-25)24-18(23-14)26-3-7-28-8-4-26;18-13(19)12-11(10-21-15(20)22-12)14-23-16(26-4-2-1-3-5-26)25-17(24-14)27-6-8-28-9-7-27/h9-10,12,16H,2-8,11H2,1H3,(H2,22,23);9,11,14H,2-8,10H2,1H3,(H2,21,22,23);9-11,17H,1-8H2,(H2,21,22);10,13H,1-9H2,(H2,20,21,22)/t12-;11-;;/m00../s1. The predicted octanol–water partition coefficient (Wildman–Crippen LogP) is 8.14. The molecule has 8 aliphatic rings. The fraction of sp³-hybridized carbons (Fsp3) is 0.569. The Labute approximate surface area is 652 Å². The minimum Gasteiger partial charge on any atom is -0.384 e. The molecule has 16 heterocycles. The lowest BCUT2D eigenvalue weighted by Gasteiger charge is -2.34. The van der Waals surface area contributed by atoms with Gasteiger partial charge in [-0.2, -0.15) is 49.8 Å². The number of alkyl halides is 8. The van der Waals surface area contributed by atoms with Crippen molar-refractivity contribution in [1.82, 2.24) is 84.7 Å². The number of nitrogens with zero attached hydrogens (tertiary/aromatic N) is 25. The van der Waals surface area contributed by atoms with Crippen LogP contribution in [0.1, 0.15) is 120 Å². The van der Waals surface area contributed by atoms with E-state index in [0.717, 1.165) is 90.6 Å². The van der Waals surface area contributed by atoms with Crippen LogP contribution < -0.4 is 62.1 Å². The molecule has 114 heavy (non-hydrogen) atoms. The largest absolute Gasteiger partial charge is 0.384 e. The summed E-state index contributed by atoms with van der Waals surface area (Å²) >= 11 is 0. The van der Waals surface area contributed by atoms with Gasteiger partial charge in [-0.1, -0.05) is 0 Å². The predicted molar refractivity (Wildman–Crippen MR) is 410 cm³/mol. The molecule has 8 fully saturated rings. The maximum absolute atomic E-state index is 13.7. The van der Waals surface area contributed by atoms with E-state index < -0.39 is 37.1 Å². The molecule has 0 aliphatic carbocycles. The summed E-state index contributed by atoms with van der Waals surface area (Å²) < 4.78 is 136. The van der Waals surface area contributed by atoms with Gasteiger partial charge in [0.1, 0.15) is 28.8 Å². The molecule has 16 rings (SSSR count). The Morgan fingerprint density at radius 3 is 1.03 bits per heavy atom. The highest BCUT2D eigenvalue weighted by Crippen LogP contribution is 2.38. The number of hydrogen-bond donors (Lipinski definition) is 4. The molecular weight excluding hydrogens is 1500 g/mol. The van der Waals surface area contributed by atoms with Crippen molar-refractivity contribution in [3.8, 4) is 45.4 Å². The SMILES string of the molecule is C[C@H]1COCCN1c1nc(-c2cnc(N)cc2C(F)F)nc(N2CCCCC2)n1.C[C@H]1COCCN1c1nc(-c2cnc(N)nc2C(F)F)nc(N2CCCCC2)n1.Nc1cc(C(F)F)c(-c2cc(N3CCOCC3)nc(N3CCOCC3)n2)cn1.Nc1ncc(-c2nc(N3CCCCC3)nc(N3CCOCC3)n2)c(C(F)F)n1. The second-order valence-electron chi connectivity index (χ2n) is 28.0. The first-order valence-electron chi connectivity index (χ1n) is 38.3. The number of morpholine rings is 5. The zero-order chi connectivity index (χ0) is 79.8. The molecule has 0 bridgehead atoms. The molecule has 0 aromatic carbocycles. The van der Waals surface area contributed by atoms with E-state index >= 15 is 0 Å². The van der Waals surface area contributed by atoms with Crippen LogP contribution in [0.2, 0.25) is 0 Å². The van der Waals surface area contributed by atoms with Gasteiger partial charge in [0.05, 0.1) is 95.0 Å². The van der Waals surface area contributed by atoms with Crippen molar-refractivity contribution in [2.75, 3.05) is 220 Å². The lowest BCUT2D eigenvalue weighted by Crippen LogP contribution is -2.45. The normalized spacial score (nSPS) is 19.2. The lowest BCUT2D eigenvalue weighted by molar-refractivity contribution is 0.0980. The van der Waals surface area contributed by atoms with Gasteiger partial charge in [0.25, 0.3) is 25.7 Å². The fourth-order valence-corrected chi connectivity index (χ4v) is 14.0. The highest BCUT2D eigenvalue weighted by atomic mass is 19.3. The van der Waals surface area contributed by atoms with Crippen molar-refractivity contribution < 1.29 is 58.8 Å². The van der Waals surface area contributed by atoms with Crippen molar-refractivity contribution in [1.29, 1.82) is 0 Å². The molecule has 612 valence electrons. The summed E-state index contributed by atoms with van der Waals surface area (Å²) in [5, 5.41) is 0. The zero-order valence-corrected chi connectivity index (χ0v) is 63.4. The Bertz CT molecular complexity index is 4130. The molecule has 34 nitrogen and oxygen atoms in total. The Kier molecular flexibility index (Phi) is 27.5. The molecule has 0 spiro atoms. The van der Waals surface area contributed by atoms with Gasteiger partial charge in [0.15, 0.2) is 17.5 Å². The Morgan fingerprint density at radius 2 is 0.640 bits per heavy atom. The van der Waals surface area contributed by atoms with Crippen LogP contribution in [0.25, 0.3) is 45.4 Å². The average Bonchev–Trinajstić information content (AvgIpc) is 0.801. The van der Waals surface area contributed by atoms with Crippen molar-refractivity contribution >= 4 is 71.0 Å². The van der Waals surface area contributed by atoms with Crippen molar-refractivity contribution in [3.63, 3.8) is 0 Å². The zero-order valence-electron chi connectivity index (χ0n) is 63.4. The van der Waals surface area contributed by atoms with E-state index in [1.54, 1.807) is 6.07 Å². The van der Waals surface area contributed by atoms with E-state index in [1.165, 1.54) is 43.3 Å². The van der Waals surface area contributed by atoms with Crippen LogP contribution in [0.5, 0.6) is 0 Å². The van der Waals surface area contributed by atoms with E-state index in [-0.39, 0.29) is 86.5 Å². The number of aromatic nitrogens is 17. The monoisotopic (exact) mass is 1600 g/mol. The summed E-state index contributed by atoms with van der Waals surface area (Å²) in [6.07, 6.45) is 3.89. The highest BCUT2D eigenvalue weighted by Gasteiger charge is 2.33. The van der Waals surface area contributed by atoms with Gasteiger partial charge < -0.3 is 85.8 Å². The number of nitrogens with two attached hydrogens (primary N) is 4. The summed E-state index contributed by atoms with van der Waals surface area (Å²) in [5.41, 5.74) is 21.9. The van der Waals surface area contributed by atoms with Crippen LogP contribution in [0, 0.1) is 0 Å². The lowest BCUT2D eigenvalue weighted by atomic mass is 10.1. The van der Waals surface area contributed by atoms with Crippen LogP contribution >= 0.6 is 0 Å². The molecule has 0 unspecified atom stereocenters. The number of ether oxygens (including phenoxy) is 5. The van der Waals surface area contributed by atoms with Crippen LogP contribution in [-0.4, -0.2) is 255 Å². The minimum atomic E-state index is -2.82. The maximum Gasteiger partial charge on any atom is 0.281 e. The number of halogens is 8.